The highest BCUT2D eigenvalue weighted by molar-refractivity contribution is 6.33. The summed E-state index contributed by atoms with van der Waals surface area (Å²) in [4.78, 5) is 14.1. The van der Waals surface area contributed by atoms with Crippen molar-refractivity contribution in [2.45, 2.75) is 32.3 Å². The molecule has 0 saturated heterocycles. The normalized spacial score (nSPS) is 14.5. The Balaban J connectivity index is 0.000000648. The molecular weight excluding hydrogens is 324 g/mol. The molecular formula is C19H27ClN2O2. The number of aliphatic hydroxyl groups is 1. The number of anilines is 1. The molecule has 0 unspecified atom stereocenters. The van der Waals surface area contributed by atoms with E-state index in [1.54, 1.807) is 12.2 Å². The predicted molar refractivity (Wildman–Crippen MR) is 102 cm³/mol. The smallest absolute Gasteiger partial charge is 0.255 e. The van der Waals surface area contributed by atoms with Gasteiger partial charge in [0, 0.05) is 13.1 Å². The van der Waals surface area contributed by atoms with Gasteiger partial charge in [0.05, 0.1) is 10.7 Å². The Morgan fingerprint density at radius 2 is 1.75 bits per heavy atom. The zero-order valence-corrected chi connectivity index (χ0v) is 15.5. The Morgan fingerprint density at radius 3 is 2.21 bits per heavy atom. The molecule has 0 bridgehead atoms. The SMILES string of the molecule is C=CC=C.CN1CCc2cc(Cl)c(NC(=O)C(C)(C)O)cc2CC1. The Kier molecular flexibility index (Phi) is 7.67. The second-order valence-corrected chi connectivity index (χ2v) is 6.80. The minimum Gasteiger partial charge on any atom is -0.381 e. The van der Waals surface area contributed by atoms with Crippen molar-refractivity contribution in [1.82, 2.24) is 4.90 Å². The lowest BCUT2D eigenvalue weighted by Gasteiger charge is -2.18. The van der Waals surface area contributed by atoms with Gasteiger partial charge in [0.25, 0.3) is 5.91 Å². The molecule has 0 radical (unpaired) electrons. The molecule has 0 saturated carbocycles. The third-order valence-electron chi connectivity index (χ3n) is 3.79. The first-order chi connectivity index (χ1) is 11.2. The number of halogens is 1. The van der Waals surface area contributed by atoms with Crippen LogP contribution in [0, 0.1) is 0 Å². The first kappa shape index (κ1) is 20.4. The third-order valence-corrected chi connectivity index (χ3v) is 4.10. The van der Waals surface area contributed by atoms with Gasteiger partial charge in [-0.15, -0.1) is 0 Å². The highest BCUT2D eigenvalue weighted by atomic mass is 35.5. The number of carbonyl (C=O) groups excluding carboxylic acids is 1. The molecule has 0 aromatic heterocycles. The van der Waals surface area contributed by atoms with E-state index in [1.165, 1.54) is 25.0 Å². The van der Waals surface area contributed by atoms with Crippen LogP contribution in [0.4, 0.5) is 5.69 Å². The van der Waals surface area contributed by atoms with Gasteiger partial charge in [-0.25, -0.2) is 0 Å². The van der Waals surface area contributed by atoms with Crippen LogP contribution in [0.15, 0.2) is 37.4 Å². The molecule has 1 aromatic carbocycles. The minimum atomic E-state index is -1.42. The van der Waals surface area contributed by atoms with Gasteiger partial charge >= 0.3 is 0 Å². The fourth-order valence-corrected chi connectivity index (χ4v) is 2.46. The largest absolute Gasteiger partial charge is 0.381 e. The zero-order valence-electron chi connectivity index (χ0n) is 14.7. The van der Waals surface area contributed by atoms with Gasteiger partial charge < -0.3 is 15.3 Å². The quantitative estimate of drug-likeness (QED) is 0.821. The third kappa shape index (κ3) is 6.11. The Morgan fingerprint density at radius 1 is 1.25 bits per heavy atom. The lowest BCUT2D eigenvalue weighted by Crippen LogP contribution is -2.36. The van der Waals surface area contributed by atoms with Crippen LogP contribution in [-0.2, 0) is 17.6 Å². The van der Waals surface area contributed by atoms with E-state index < -0.39 is 11.5 Å². The predicted octanol–water partition coefficient (Wildman–Crippen LogP) is 3.44. The van der Waals surface area contributed by atoms with Crippen LogP contribution in [0.2, 0.25) is 5.02 Å². The van der Waals surface area contributed by atoms with Gasteiger partial charge in [0.1, 0.15) is 5.60 Å². The van der Waals surface area contributed by atoms with Crippen LogP contribution in [0.5, 0.6) is 0 Å². The van der Waals surface area contributed by atoms with Crippen molar-refractivity contribution in [3.05, 3.63) is 53.6 Å². The molecule has 5 heteroatoms. The number of carbonyl (C=O) groups is 1. The summed E-state index contributed by atoms with van der Waals surface area (Å²) in [5.41, 5.74) is 1.60. The molecule has 2 N–H and O–H groups in total. The number of amides is 1. The van der Waals surface area contributed by atoms with Gasteiger partial charge in [-0.1, -0.05) is 36.9 Å². The summed E-state index contributed by atoms with van der Waals surface area (Å²) in [6, 6.07) is 3.86. The van der Waals surface area contributed by atoms with Gasteiger partial charge in [0.15, 0.2) is 0 Å². The van der Waals surface area contributed by atoms with Gasteiger partial charge in [-0.2, -0.15) is 0 Å². The number of hydrogen-bond donors (Lipinski definition) is 2. The summed E-state index contributed by atoms with van der Waals surface area (Å²) in [5, 5.41) is 12.9. The summed E-state index contributed by atoms with van der Waals surface area (Å²) in [5.74, 6) is -0.454. The molecule has 2 rings (SSSR count). The van der Waals surface area contributed by atoms with E-state index in [1.807, 2.05) is 12.1 Å². The topological polar surface area (TPSA) is 52.6 Å². The fraction of sp³-hybridized carbons (Fsp3) is 0.421. The second kappa shape index (κ2) is 9.02. The Bertz CT molecular complexity index is 600. The summed E-state index contributed by atoms with van der Waals surface area (Å²) in [6.07, 6.45) is 5.18. The average Bonchev–Trinajstić information content (AvgIpc) is 2.69. The van der Waals surface area contributed by atoms with Gasteiger partial charge in [0.2, 0.25) is 0 Å². The molecule has 1 aliphatic heterocycles. The molecule has 1 heterocycles. The van der Waals surface area contributed by atoms with Crippen LogP contribution in [0.3, 0.4) is 0 Å². The molecule has 0 atom stereocenters. The van der Waals surface area contributed by atoms with E-state index in [0.717, 1.165) is 25.9 Å². The van der Waals surface area contributed by atoms with Crippen molar-refractivity contribution >= 4 is 23.2 Å². The Hall–Kier alpha value is -1.62. The number of nitrogens with one attached hydrogen (secondary N) is 1. The molecule has 24 heavy (non-hydrogen) atoms. The van der Waals surface area contributed by atoms with E-state index in [0.29, 0.717) is 10.7 Å². The maximum atomic E-state index is 11.8. The van der Waals surface area contributed by atoms with Crippen LogP contribution < -0.4 is 5.32 Å². The zero-order chi connectivity index (χ0) is 18.3. The van der Waals surface area contributed by atoms with Gasteiger partial charge in [-0.05, 0) is 57.0 Å². The summed E-state index contributed by atoms with van der Waals surface area (Å²) >= 11 is 6.24. The van der Waals surface area contributed by atoms with E-state index >= 15 is 0 Å². The van der Waals surface area contributed by atoms with Crippen molar-refractivity contribution in [2.24, 2.45) is 0 Å². The molecule has 132 valence electrons. The first-order valence-electron chi connectivity index (χ1n) is 7.96. The van der Waals surface area contributed by atoms with Crippen LogP contribution in [0.1, 0.15) is 25.0 Å². The standard InChI is InChI=1S/C15H21ClN2O2.C4H6/c1-15(2,20)14(19)17-13-9-11-5-7-18(3)6-4-10(11)8-12(13)16;1-3-4-2/h8-9,20H,4-7H2,1-3H3,(H,17,19);3-4H,1-2H2. The van der Waals surface area contributed by atoms with Gasteiger partial charge in [-0.3, -0.25) is 4.79 Å². The number of allylic oxidation sites excluding steroid dienone is 2. The van der Waals surface area contributed by atoms with E-state index in [4.69, 9.17) is 11.6 Å². The lowest BCUT2D eigenvalue weighted by atomic mass is 10.0. The van der Waals surface area contributed by atoms with Crippen molar-refractivity contribution in [3.8, 4) is 0 Å². The molecule has 0 aliphatic carbocycles. The summed E-state index contributed by atoms with van der Waals surface area (Å²) in [6.45, 7) is 11.6. The highest BCUT2D eigenvalue weighted by Crippen LogP contribution is 2.29. The minimum absolute atomic E-state index is 0.454. The van der Waals surface area contributed by atoms with E-state index in [9.17, 15) is 9.90 Å². The average molecular weight is 351 g/mol. The number of fused-ring (bicyclic) bond motifs is 1. The monoisotopic (exact) mass is 350 g/mol. The van der Waals surface area contributed by atoms with Crippen molar-refractivity contribution in [2.75, 3.05) is 25.5 Å². The highest BCUT2D eigenvalue weighted by Gasteiger charge is 2.25. The Labute approximate surface area is 149 Å². The van der Waals surface area contributed by atoms with Crippen LogP contribution >= 0.6 is 11.6 Å². The molecule has 1 aromatic rings. The van der Waals surface area contributed by atoms with Crippen LogP contribution in [0.25, 0.3) is 0 Å². The molecule has 0 fully saturated rings. The second-order valence-electron chi connectivity index (χ2n) is 6.39. The first-order valence-corrected chi connectivity index (χ1v) is 8.34. The summed E-state index contributed by atoms with van der Waals surface area (Å²) < 4.78 is 0. The number of rotatable bonds is 3. The summed E-state index contributed by atoms with van der Waals surface area (Å²) in [7, 11) is 2.10. The maximum Gasteiger partial charge on any atom is 0.255 e. The van der Waals surface area contributed by atoms with E-state index in [2.05, 4.69) is 30.4 Å². The maximum absolute atomic E-state index is 11.8. The molecule has 0 spiro atoms. The molecule has 4 nitrogen and oxygen atoms in total. The van der Waals surface area contributed by atoms with Crippen molar-refractivity contribution in [3.63, 3.8) is 0 Å². The van der Waals surface area contributed by atoms with Crippen LogP contribution in [-0.4, -0.2) is 41.7 Å². The molecule has 1 aliphatic rings. The van der Waals surface area contributed by atoms with Crippen molar-refractivity contribution < 1.29 is 9.90 Å². The molecule has 1 amide bonds. The fourth-order valence-electron chi connectivity index (χ4n) is 2.23. The number of hydrogen-bond acceptors (Lipinski definition) is 3. The number of nitrogens with zero attached hydrogens (tertiary/aromatic N) is 1. The number of likely N-dealkylation sites (N-methyl/N-ethyl adjacent to an activating group) is 1. The van der Waals surface area contributed by atoms with E-state index in [-0.39, 0.29) is 0 Å². The number of benzene rings is 1. The van der Waals surface area contributed by atoms with Crippen molar-refractivity contribution in [1.29, 1.82) is 0 Å². The lowest BCUT2D eigenvalue weighted by molar-refractivity contribution is -0.130.